The molecule has 10 nitrogen and oxygen atoms in total. The third-order valence-electron chi connectivity index (χ3n) is 6.92. The molecule has 0 amide bonds. The average molecular weight is 556 g/mol. The molecule has 0 aromatic heterocycles. The first-order valence-electron chi connectivity index (χ1n) is 10.4. The average Bonchev–Trinajstić information content (AvgIpc) is 2.65. The summed E-state index contributed by atoms with van der Waals surface area (Å²) in [6.07, 6.45) is 1.72. The first kappa shape index (κ1) is 36.1. The topological polar surface area (TPSA) is 179 Å². The van der Waals surface area contributed by atoms with Gasteiger partial charge in [0.2, 0.25) is 0 Å². The number of aliphatic carboxylic acids is 2. The quantitative estimate of drug-likeness (QED) is 0.174. The van der Waals surface area contributed by atoms with Crippen molar-refractivity contribution in [2.45, 2.75) is 93.9 Å². The van der Waals surface area contributed by atoms with Crippen molar-refractivity contribution in [2.24, 2.45) is 21.7 Å². The summed E-state index contributed by atoms with van der Waals surface area (Å²) in [6.45, 7) is 13.7. The van der Waals surface area contributed by atoms with Crippen LogP contribution in [-0.4, -0.2) is 23.9 Å². The van der Waals surface area contributed by atoms with Crippen molar-refractivity contribution < 1.29 is 70.7 Å². The van der Waals surface area contributed by atoms with Crippen LogP contribution in [0.5, 0.6) is 0 Å². The van der Waals surface area contributed by atoms with Gasteiger partial charge >= 0.3 is 33.0 Å². The predicted molar refractivity (Wildman–Crippen MR) is 105 cm³/mol. The summed E-state index contributed by atoms with van der Waals surface area (Å²) in [5.74, 6) is -3.88. The van der Waals surface area contributed by atoms with Gasteiger partial charge in [-0.15, -0.1) is 0 Å². The summed E-state index contributed by atoms with van der Waals surface area (Å²) in [6, 6.07) is 0. The van der Waals surface area contributed by atoms with Crippen LogP contribution in [0.4, 0.5) is 0 Å². The van der Waals surface area contributed by atoms with E-state index in [1.807, 2.05) is 0 Å². The Bertz CT molecular complexity index is 598. The van der Waals surface area contributed by atoms with Crippen molar-refractivity contribution in [3.8, 4) is 0 Å². The molecule has 11 heteroatoms. The van der Waals surface area contributed by atoms with E-state index in [0.717, 1.165) is 0 Å². The van der Waals surface area contributed by atoms with Crippen LogP contribution < -0.4 is 20.7 Å². The first-order valence-corrected chi connectivity index (χ1v) is 10.4. The second kappa shape index (κ2) is 14.7. The minimum absolute atomic E-state index is 0. The summed E-state index contributed by atoms with van der Waals surface area (Å²) in [4.78, 5) is 50.2. The Hall–Kier alpha value is -1.51. The van der Waals surface area contributed by atoms with Gasteiger partial charge in [-0.25, -0.2) is 0 Å². The van der Waals surface area contributed by atoms with Crippen molar-refractivity contribution in [3.05, 3.63) is 0 Å². The van der Waals surface area contributed by atoms with E-state index in [4.69, 9.17) is 0 Å². The molecule has 190 valence electrons. The fourth-order valence-electron chi connectivity index (χ4n) is 2.74. The van der Waals surface area contributed by atoms with E-state index in [2.05, 4.69) is 9.78 Å². The number of carboxylic acids is 2. The second-order valence-electron chi connectivity index (χ2n) is 10.2. The molecule has 0 rings (SSSR count). The van der Waals surface area contributed by atoms with Gasteiger partial charge in [-0.1, -0.05) is 27.7 Å². The third-order valence-corrected chi connectivity index (χ3v) is 6.92. The molecule has 0 aliphatic heterocycles. The van der Waals surface area contributed by atoms with Crippen LogP contribution in [0.25, 0.3) is 0 Å². The molecule has 0 spiro atoms. The van der Waals surface area contributed by atoms with E-state index >= 15 is 0 Å². The monoisotopic (exact) mass is 558 g/mol. The van der Waals surface area contributed by atoms with Gasteiger partial charge in [-0.3, -0.25) is 9.59 Å². The van der Waals surface area contributed by atoms with Gasteiger partial charge in [0.15, 0.2) is 0 Å². The maximum Gasteiger partial charge on any atom is 4.00 e. The van der Waals surface area contributed by atoms with Gasteiger partial charge in [-0.05, 0) is 77.0 Å². The Kier molecular flexibility index (Phi) is 16.0. The normalized spacial score (nSPS) is 11.9. The Morgan fingerprint density at radius 1 is 0.606 bits per heavy atom. The van der Waals surface area contributed by atoms with Crippen LogP contribution in [0.3, 0.4) is 0 Å². The summed E-state index contributed by atoms with van der Waals surface area (Å²) >= 11 is 0. The van der Waals surface area contributed by atoms with Gasteiger partial charge in [0.25, 0.3) is 0 Å². The molecule has 0 radical (unpaired) electrons. The van der Waals surface area contributed by atoms with Gasteiger partial charge in [0.1, 0.15) is 0 Å². The molecule has 33 heavy (non-hydrogen) atoms. The van der Waals surface area contributed by atoms with Gasteiger partial charge in [0.05, 0.1) is 10.8 Å². The molecule has 0 atom stereocenters. The molecule has 0 saturated heterocycles. The van der Waals surface area contributed by atoms with E-state index in [1.54, 1.807) is 55.4 Å². The van der Waals surface area contributed by atoms with E-state index < -0.39 is 45.5 Å². The van der Waals surface area contributed by atoms with Gasteiger partial charge in [-0.2, -0.15) is 0 Å². The van der Waals surface area contributed by atoms with E-state index in [0.29, 0.717) is 25.7 Å². The zero-order valence-electron chi connectivity index (χ0n) is 20.7. The van der Waals surface area contributed by atoms with E-state index in [1.165, 1.54) is 0 Å². The zero-order chi connectivity index (χ0) is 26.0. The molecule has 0 heterocycles. The Morgan fingerprint density at radius 3 is 1.03 bits per heavy atom. The Labute approximate surface area is 210 Å². The third kappa shape index (κ3) is 11.4. The maximum absolute atomic E-state index is 11.3. The molecule has 0 aromatic carbocycles. The summed E-state index contributed by atoms with van der Waals surface area (Å²) in [7, 11) is 0. The number of carbonyl (C=O) groups excluding carboxylic acids is 4. The minimum atomic E-state index is -1.11. The molecule has 0 aliphatic rings. The van der Waals surface area contributed by atoms with E-state index in [9.17, 15) is 39.9 Å². The Balaban J connectivity index is -0.000000529. The van der Waals surface area contributed by atoms with Crippen LogP contribution in [-0.2, 0) is 50.0 Å². The summed E-state index contributed by atoms with van der Waals surface area (Å²) < 4.78 is 0. The van der Waals surface area contributed by atoms with Gasteiger partial charge in [0, 0.05) is 11.9 Å². The maximum atomic E-state index is 11.3. The molecule has 0 saturated carbocycles. The largest absolute Gasteiger partial charge is 4.00 e. The molecule has 0 bridgehead atoms. The van der Waals surface area contributed by atoms with Gasteiger partial charge < -0.3 is 40.1 Å². The fourth-order valence-corrected chi connectivity index (χ4v) is 2.74. The SMILES string of the molecule is CC(C)(CCCC(=O)[O-])C(C)(C)C(=O)O[O-].CC(C)(CCCC(=O)[O-])C(C)(C)C(=O)O[O-].[Mo+4]. The molecule has 0 fully saturated rings. The van der Waals surface area contributed by atoms with Crippen LogP contribution in [0.15, 0.2) is 0 Å². The van der Waals surface area contributed by atoms with Crippen molar-refractivity contribution in [2.75, 3.05) is 0 Å². The van der Waals surface area contributed by atoms with Crippen LogP contribution in [0.1, 0.15) is 93.9 Å². The van der Waals surface area contributed by atoms with Crippen LogP contribution in [0.2, 0.25) is 0 Å². The molecule has 0 unspecified atom stereocenters. The van der Waals surface area contributed by atoms with E-state index in [-0.39, 0.29) is 33.9 Å². The number of carboxylic acid groups (broad SMARTS) is 2. The minimum Gasteiger partial charge on any atom is -0.662 e. The Morgan fingerprint density at radius 2 is 0.848 bits per heavy atom. The van der Waals surface area contributed by atoms with Crippen LogP contribution >= 0.6 is 0 Å². The predicted octanol–water partition coefficient (Wildman–Crippen LogP) is -0.447. The molecule has 0 aromatic rings. The molecular formula is C22H36MoO10. The fraction of sp³-hybridized carbons (Fsp3) is 0.818. The van der Waals surface area contributed by atoms with Crippen LogP contribution in [0, 0.1) is 21.7 Å². The number of hydrogen-bond acceptors (Lipinski definition) is 10. The smallest absolute Gasteiger partial charge is 0.662 e. The summed E-state index contributed by atoms with van der Waals surface area (Å²) in [5, 5.41) is 40.8. The zero-order valence-corrected chi connectivity index (χ0v) is 22.7. The molecular weight excluding hydrogens is 520 g/mol. The number of rotatable bonds is 12. The van der Waals surface area contributed by atoms with Crippen molar-refractivity contribution in [1.29, 1.82) is 0 Å². The molecule has 0 aliphatic carbocycles. The summed E-state index contributed by atoms with van der Waals surface area (Å²) in [5.41, 5.74) is -2.91. The second-order valence-corrected chi connectivity index (χ2v) is 10.2. The molecule has 0 N–H and O–H groups in total. The number of carbonyl (C=O) groups is 4. The first-order chi connectivity index (χ1) is 14.3. The van der Waals surface area contributed by atoms with Crippen molar-refractivity contribution >= 4 is 23.9 Å². The van der Waals surface area contributed by atoms with Crippen molar-refractivity contribution in [3.63, 3.8) is 0 Å². The standard InChI is InChI=1S/2C11H20O5.Mo/c2*1-10(2,7-5-6-8(12)13)11(3,4)9(14)16-15;/h2*15H,5-7H2,1-4H3,(H,12,13);/q;;+4/p-4. The number of hydrogen-bond donors (Lipinski definition) is 0. The van der Waals surface area contributed by atoms with Crippen molar-refractivity contribution in [1.82, 2.24) is 0 Å².